The number of nitrogens with one attached hydrogen (secondary N) is 2. The van der Waals surface area contributed by atoms with Crippen LogP contribution in [-0.2, 0) is 24.4 Å². The Labute approximate surface area is 283 Å². The Hall–Kier alpha value is -1.80. The first-order valence-electron chi connectivity index (χ1n) is 18.1. The molecule has 0 saturated heterocycles. The van der Waals surface area contributed by atoms with E-state index >= 15 is 0 Å². The molecule has 0 radical (unpaired) electrons. The lowest BCUT2D eigenvalue weighted by atomic mass is 9.73. The molecule has 12 nitrogen and oxygen atoms in total. The maximum Gasteiger partial charge on any atom is 0.227 e. The summed E-state index contributed by atoms with van der Waals surface area (Å²) in [6.45, 7) is 5.30. The molecule has 5 unspecified atom stereocenters. The molecule has 272 valence electrons. The van der Waals surface area contributed by atoms with E-state index in [4.69, 9.17) is 0 Å². The number of aliphatic hydroxyl groups is 2. The zero-order valence-corrected chi connectivity index (χ0v) is 30.3. The SMILES string of the molecule is CCCN(CCC)C(=O)C1CC(C(=O)NC(CC2CCC(O)CC2)C(O)CN(C)NS(=O)(=O)C2CCCCC2)CC(C(=O)N(C)C)C1. The number of aliphatic hydroxyl groups excluding tert-OH is 2. The van der Waals surface area contributed by atoms with Gasteiger partial charge < -0.3 is 25.3 Å². The van der Waals surface area contributed by atoms with Gasteiger partial charge in [0, 0.05) is 58.5 Å². The monoisotopic (exact) mass is 685 g/mol. The molecule has 3 aliphatic rings. The molecule has 3 amide bonds. The van der Waals surface area contributed by atoms with E-state index in [1.54, 1.807) is 21.1 Å². The van der Waals surface area contributed by atoms with Crippen LogP contribution in [0.4, 0.5) is 0 Å². The Morgan fingerprint density at radius 3 is 1.91 bits per heavy atom. The molecule has 13 heteroatoms. The van der Waals surface area contributed by atoms with E-state index < -0.39 is 45.2 Å². The molecule has 4 N–H and O–H groups in total. The number of rotatable bonds is 16. The Morgan fingerprint density at radius 2 is 1.36 bits per heavy atom. The number of hydrogen-bond donors (Lipinski definition) is 4. The minimum atomic E-state index is -3.60. The van der Waals surface area contributed by atoms with E-state index in [0.29, 0.717) is 64.5 Å². The van der Waals surface area contributed by atoms with Crippen molar-refractivity contribution in [3.8, 4) is 0 Å². The fourth-order valence-electron chi connectivity index (χ4n) is 7.90. The molecule has 47 heavy (non-hydrogen) atoms. The smallest absolute Gasteiger partial charge is 0.227 e. The maximum atomic E-state index is 14.0. The van der Waals surface area contributed by atoms with Crippen LogP contribution in [-0.4, -0.2) is 115 Å². The second kappa shape index (κ2) is 18.8. The van der Waals surface area contributed by atoms with Crippen LogP contribution in [0.5, 0.6) is 0 Å². The molecule has 3 saturated carbocycles. The Balaban J connectivity index is 1.77. The van der Waals surface area contributed by atoms with E-state index in [-0.39, 0.29) is 36.3 Å². The van der Waals surface area contributed by atoms with Gasteiger partial charge in [0.1, 0.15) is 0 Å². The van der Waals surface area contributed by atoms with Crippen molar-refractivity contribution in [1.29, 1.82) is 0 Å². The van der Waals surface area contributed by atoms with E-state index in [1.807, 2.05) is 18.7 Å². The Kier molecular flexibility index (Phi) is 15.9. The number of sulfonamides is 1. The van der Waals surface area contributed by atoms with Gasteiger partial charge in [-0.3, -0.25) is 14.4 Å². The Bertz CT molecular complexity index is 1100. The van der Waals surface area contributed by atoms with E-state index in [0.717, 1.165) is 44.9 Å². The lowest BCUT2D eigenvalue weighted by molar-refractivity contribution is -0.143. The van der Waals surface area contributed by atoms with Crippen molar-refractivity contribution in [2.45, 2.75) is 134 Å². The minimum absolute atomic E-state index is 0.00743. The van der Waals surface area contributed by atoms with Gasteiger partial charge in [-0.25, -0.2) is 13.4 Å². The van der Waals surface area contributed by atoms with Crippen molar-refractivity contribution in [3.63, 3.8) is 0 Å². The maximum absolute atomic E-state index is 14.0. The van der Waals surface area contributed by atoms with Crippen LogP contribution >= 0.6 is 0 Å². The number of hydrazine groups is 1. The van der Waals surface area contributed by atoms with Crippen molar-refractivity contribution in [1.82, 2.24) is 25.0 Å². The highest BCUT2D eigenvalue weighted by atomic mass is 32.2. The summed E-state index contributed by atoms with van der Waals surface area (Å²) in [6, 6.07) is -0.667. The van der Waals surface area contributed by atoms with Crippen LogP contribution in [0.3, 0.4) is 0 Å². The van der Waals surface area contributed by atoms with Gasteiger partial charge in [0.25, 0.3) is 0 Å². The molecule has 5 atom stereocenters. The highest BCUT2D eigenvalue weighted by molar-refractivity contribution is 7.90. The number of carbonyl (C=O) groups excluding carboxylic acids is 3. The van der Waals surface area contributed by atoms with Crippen molar-refractivity contribution in [2.24, 2.45) is 23.7 Å². The second-order valence-corrected chi connectivity index (χ2v) is 16.7. The summed E-state index contributed by atoms with van der Waals surface area (Å²) in [7, 11) is 1.37. The molecule has 0 aromatic carbocycles. The lowest BCUT2D eigenvalue weighted by Gasteiger charge is -2.38. The molecular weight excluding hydrogens is 622 g/mol. The Morgan fingerprint density at radius 1 is 0.809 bits per heavy atom. The topological polar surface area (TPSA) is 160 Å². The summed E-state index contributed by atoms with van der Waals surface area (Å²) in [5.41, 5.74) is 0. The van der Waals surface area contributed by atoms with Gasteiger partial charge in [0.05, 0.1) is 23.5 Å². The third-order valence-corrected chi connectivity index (χ3v) is 12.4. The van der Waals surface area contributed by atoms with Crippen molar-refractivity contribution >= 4 is 27.7 Å². The first-order chi connectivity index (χ1) is 22.2. The van der Waals surface area contributed by atoms with Crippen LogP contribution in [0.1, 0.15) is 110 Å². The first-order valence-corrected chi connectivity index (χ1v) is 19.7. The largest absolute Gasteiger partial charge is 0.393 e. The average Bonchev–Trinajstić information content (AvgIpc) is 3.04. The lowest BCUT2D eigenvalue weighted by Crippen LogP contribution is -2.54. The molecule has 0 bridgehead atoms. The predicted molar refractivity (Wildman–Crippen MR) is 182 cm³/mol. The number of hydrogen-bond acceptors (Lipinski definition) is 8. The predicted octanol–water partition coefficient (Wildman–Crippen LogP) is 2.64. The summed E-state index contributed by atoms with van der Waals surface area (Å²) in [6.07, 6.45) is 8.70. The van der Waals surface area contributed by atoms with Crippen LogP contribution in [0, 0.1) is 23.7 Å². The highest BCUT2D eigenvalue weighted by Gasteiger charge is 2.42. The van der Waals surface area contributed by atoms with E-state index in [1.165, 1.54) is 9.91 Å². The fourth-order valence-corrected chi connectivity index (χ4v) is 9.51. The van der Waals surface area contributed by atoms with Crippen LogP contribution < -0.4 is 10.1 Å². The van der Waals surface area contributed by atoms with Gasteiger partial charge in [-0.05, 0) is 83.0 Å². The van der Waals surface area contributed by atoms with E-state index in [9.17, 15) is 33.0 Å². The zero-order valence-electron chi connectivity index (χ0n) is 29.5. The number of amides is 3. The molecule has 0 spiro atoms. The average molecular weight is 686 g/mol. The van der Waals surface area contributed by atoms with Gasteiger partial charge in [-0.1, -0.05) is 33.1 Å². The quantitative estimate of drug-likeness (QED) is 0.181. The fraction of sp³-hybridized carbons (Fsp3) is 0.912. The summed E-state index contributed by atoms with van der Waals surface area (Å²) >= 11 is 0. The number of likely N-dealkylation sites (N-methyl/N-ethyl adjacent to an activating group) is 1. The second-order valence-electron chi connectivity index (χ2n) is 14.7. The summed E-state index contributed by atoms with van der Waals surface area (Å²) in [4.78, 5) is 46.9. The van der Waals surface area contributed by atoms with Crippen LogP contribution in [0.2, 0.25) is 0 Å². The zero-order chi connectivity index (χ0) is 34.7. The molecule has 3 aliphatic carbocycles. The third kappa shape index (κ3) is 11.9. The molecule has 3 fully saturated rings. The summed E-state index contributed by atoms with van der Waals surface area (Å²) in [5.74, 6) is -1.70. The first kappa shape index (κ1) is 39.6. The van der Waals surface area contributed by atoms with Gasteiger partial charge in [-0.2, -0.15) is 0 Å². The van der Waals surface area contributed by atoms with Crippen molar-refractivity contribution < 1.29 is 33.0 Å². The van der Waals surface area contributed by atoms with Crippen LogP contribution in [0.15, 0.2) is 0 Å². The molecular formula is C34H63N5O7S. The third-order valence-electron chi connectivity index (χ3n) is 10.4. The molecule has 0 aromatic rings. The molecule has 3 rings (SSSR count). The van der Waals surface area contributed by atoms with Gasteiger partial charge in [0.15, 0.2) is 0 Å². The highest BCUT2D eigenvalue weighted by Crippen LogP contribution is 2.36. The van der Waals surface area contributed by atoms with Gasteiger partial charge in [-0.15, -0.1) is 4.83 Å². The van der Waals surface area contributed by atoms with Gasteiger partial charge >= 0.3 is 0 Å². The van der Waals surface area contributed by atoms with Crippen LogP contribution in [0.25, 0.3) is 0 Å². The van der Waals surface area contributed by atoms with Crippen molar-refractivity contribution in [2.75, 3.05) is 40.8 Å². The molecule has 0 heterocycles. The molecule has 0 aliphatic heterocycles. The normalized spacial score (nSPS) is 27.2. The minimum Gasteiger partial charge on any atom is -0.393 e. The number of nitrogens with zero attached hydrogens (tertiary/aromatic N) is 3. The standard InChI is InChI=1S/C34H63N5O7S/c1-6-17-39(18-7-2)34(44)27-21-25(20-26(22-27)33(43)37(3)4)32(42)35-30(19-24-13-15-28(40)16-14-24)31(41)23-38(5)36-47(45,46)29-11-9-8-10-12-29/h24-31,36,40-41H,6-23H2,1-5H3,(H,35,42). The summed E-state index contributed by atoms with van der Waals surface area (Å²) < 4.78 is 26.1. The van der Waals surface area contributed by atoms with Crippen molar-refractivity contribution in [3.05, 3.63) is 0 Å². The van der Waals surface area contributed by atoms with Gasteiger partial charge in [0.2, 0.25) is 27.7 Å². The van der Waals surface area contributed by atoms with E-state index in [2.05, 4.69) is 10.1 Å². The summed E-state index contributed by atoms with van der Waals surface area (Å²) in [5, 5.41) is 25.6. The number of carbonyl (C=O) groups is 3. The molecule has 0 aromatic heterocycles.